The number of nitrogens with one attached hydrogen (secondary N) is 1. The Kier molecular flexibility index (Phi) is 3.40. The van der Waals surface area contributed by atoms with Crippen LogP contribution < -0.4 is 5.32 Å². The number of thiazole rings is 1. The van der Waals surface area contributed by atoms with Crippen molar-refractivity contribution in [3.63, 3.8) is 0 Å². The minimum absolute atomic E-state index is 0.149. The molecule has 0 aliphatic heterocycles. The summed E-state index contributed by atoms with van der Waals surface area (Å²) in [6.07, 6.45) is 8.45. The van der Waals surface area contributed by atoms with Crippen LogP contribution in [0.5, 0.6) is 0 Å². The highest BCUT2D eigenvalue weighted by molar-refractivity contribution is 7.15. The second-order valence-electron chi connectivity index (χ2n) is 6.12. The lowest BCUT2D eigenvalue weighted by atomic mass is 10.1. The van der Waals surface area contributed by atoms with Crippen molar-refractivity contribution in [2.45, 2.75) is 39.4 Å². The Morgan fingerprint density at radius 3 is 2.85 bits per heavy atom. The Balaban J connectivity index is 1.66. The highest BCUT2D eigenvalue weighted by atomic mass is 32.1. The second-order valence-corrected chi connectivity index (χ2v) is 6.99. The predicted molar refractivity (Wildman–Crippen MR) is 83.2 cm³/mol. The molecule has 3 heterocycles. The first-order valence-electron chi connectivity index (χ1n) is 6.80. The fraction of sp³-hybridized carbons (Fsp3) is 0.400. The molecule has 0 saturated carbocycles. The molecule has 106 valence electrons. The van der Waals surface area contributed by atoms with Crippen LogP contribution in [0.25, 0.3) is 4.96 Å². The first-order chi connectivity index (χ1) is 9.49. The van der Waals surface area contributed by atoms with Crippen molar-refractivity contribution in [2.24, 2.45) is 0 Å². The summed E-state index contributed by atoms with van der Waals surface area (Å²) in [5.41, 5.74) is 2.56. The molecule has 0 unspecified atom stereocenters. The van der Waals surface area contributed by atoms with E-state index in [-0.39, 0.29) is 5.54 Å². The van der Waals surface area contributed by atoms with Gasteiger partial charge >= 0.3 is 0 Å². The molecule has 0 atom stereocenters. The van der Waals surface area contributed by atoms with Crippen LogP contribution in [-0.4, -0.2) is 19.5 Å². The smallest absolute Gasteiger partial charge is 0.193 e. The van der Waals surface area contributed by atoms with E-state index < -0.39 is 0 Å². The lowest BCUT2D eigenvalue weighted by Crippen LogP contribution is -2.34. The van der Waals surface area contributed by atoms with Crippen molar-refractivity contribution in [2.75, 3.05) is 0 Å². The molecular weight excluding hydrogens is 268 g/mol. The highest BCUT2D eigenvalue weighted by Gasteiger charge is 2.09. The summed E-state index contributed by atoms with van der Waals surface area (Å²) in [5.74, 6) is 0. The first kappa shape index (κ1) is 13.4. The first-order valence-corrected chi connectivity index (χ1v) is 7.68. The Labute approximate surface area is 123 Å². The van der Waals surface area contributed by atoms with Crippen molar-refractivity contribution >= 4 is 16.3 Å². The summed E-state index contributed by atoms with van der Waals surface area (Å²) >= 11 is 1.67. The van der Waals surface area contributed by atoms with Crippen LogP contribution in [0.15, 0.2) is 36.2 Å². The topological polar surface area (TPSA) is 34.3 Å². The average Bonchev–Trinajstić information content (AvgIpc) is 3.01. The number of hydrogen-bond donors (Lipinski definition) is 1. The van der Waals surface area contributed by atoms with Crippen molar-refractivity contribution < 1.29 is 0 Å². The van der Waals surface area contributed by atoms with E-state index in [1.165, 1.54) is 5.56 Å². The van der Waals surface area contributed by atoms with Gasteiger partial charge in [0.2, 0.25) is 0 Å². The molecule has 0 saturated heterocycles. The van der Waals surface area contributed by atoms with E-state index in [2.05, 4.69) is 70.1 Å². The molecule has 0 aliphatic rings. The summed E-state index contributed by atoms with van der Waals surface area (Å²) in [5, 5.41) is 5.55. The minimum Gasteiger partial charge on any atom is -0.348 e. The molecule has 0 amide bonds. The quantitative estimate of drug-likeness (QED) is 0.800. The Hall–Kier alpha value is -1.59. The molecule has 0 aromatic carbocycles. The van der Waals surface area contributed by atoms with Crippen LogP contribution in [-0.2, 0) is 13.1 Å². The van der Waals surface area contributed by atoms with Gasteiger partial charge in [0.1, 0.15) is 0 Å². The van der Waals surface area contributed by atoms with Crippen molar-refractivity contribution in [3.8, 4) is 0 Å². The van der Waals surface area contributed by atoms with Crippen LogP contribution in [0.4, 0.5) is 0 Å². The largest absolute Gasteiger partial charge is 0.348 e. The van der Waals surface area contributed by atoms with Gasteiger partial charge in [-0.3, -0.25) is 4.40 Å². The van der Waals surface area contributed by atoms with Gasteiger partial charge in [-0.2, -0.15) is 0 Å². The van der Waals surface area contributed by atoms with Gasteiger partial charge in [-0.05, 0) is 32.4 Å². The number of nitrogens with zero attached hydrogens (tertiary/aromatic N) is 3. The summed E-state index contributed by atoms with van der Waals surface area (Å²) < 4.78 is 4.26. The van der Waals surface area contributed by atoms with Gasteiger partial charge in [-0.15, -0.1) is 11.3 Å². The zero-order valence-electron chi connectivity index (χ0n) is 12.1. The second kappa shape index (κ2) is 5.07. The maximum atomic E-state index is 4.61. The monoisotopic (exact) mass is 288 g/mol. The zero-order valence-corrected chi connectivity index (χ0v) is 12.9. The van der Waals surface area contributed by atoms with E-state index in [0.717, 1.165) is 23.7 Å². The van der Waals surface area contributed by atoms with Crippen LogP contribution >= 0.6 is 11.3 Å². The van der Waals surface area contributed by atoms with Gasteiger partial charge in [0.05, 0.1) is 12.2 Å². The summed E-state index contributed by atoms with van der Waals surface area (Å²) in [4.78, 5) is 5.66. The molecule has 0 fully saturated rings. The molecule has 1 N–H and O–H groups in total. The molecule has 3 aromatic heterocycles. The minimum atomic E-state index is 0.149. The van der Waals surface area contributed by atoms with Gasteiger partial charge in [0.25, 0.3) is 0 Å². The lowest BCUT2D eigenvalue weighted by molar-refractivity contribution is 0.424. The zero-order chi connectivity index (χ0) is 14.2. The van der Waals surface area contributed by atoms with Gasteiger partial charge in [-0.25, -0.2) is 4.98 Å². The van der Waals surface area contributed by atoms with E-state index in [0.29, 0.717) is 0 Å². The van der Waals surface area contributed by atoms with Gasteiger partial charge < -0.3 is 9.88 Å². The number of fused-ring (bicyclic) bond motifs is 1. The van der Waals surface area contributed by atoms with Gasteiger partial charge in [0.15, 0.2) is 4.96 Å². The third-order valence-electron chi connectivity index (χ3n) is 3.12. The van der Waals surface area contributed by atoms with Gasteiger partial charge in [0, 0.05) is 42.3 Å². The molecule has 0 bridgehead atoms. The van der Waals surface area contributed by atoms with E-state index in [1.807, 2.05) is 6.20 Å². The van der Waals surface area contributed by atoms with Crippen molar-refractivity contribution in [3.05, 3.63) is 47.5 Å². The van der Waals surface area contributed by atoms with Crippen molar-refractivity contribution in [1.82, 2.24) is 19.3 Å². The van der Waals surface area contributed by atoms with E-state index >= 15 is 0 Å². The fourth-order valence-corrected chi connectivity index (χ4v) is 2.82. The maximum Gasteiger partial charge on any atom is 0.193 e. The molecule has 20 heavy (non-hydrogen) atoms. The van der Waals surface area contributed by atoms with Crippen molar-refractivity contribution in [1.29, 1.82) is 0 Å². The molecule has 0 radical (unpaired) electrons. The Bertz CT molecular complexity index is 670. The molecule has 3 rings (SSSR count). The average molecular weight is 288 g/mol. The molecule has 0 aliphatic carbocycles. The third-order valence-corrected chi connectivity index (χ3v) is 3.89. The standard InChI is InChI=1S/C15H20N4S/c1-15(2,3)16-8-12-4-5-18(9-12)10-13-11-19-6-7-20-14(19)17-13/h4-7,9,11,16H,8,10H2,1-3H3. The summed E-state index contributed by atoms with van der Waals surface area (Å²) in [7, 11) is 0. The van der Waals surface area contributed by atoms with Crippen LogP contribution in [0.1, 0.15) is 32.0 Å². The maximum absolute atomic E-state index is 4.61. The van der Waals surface area contributed by atoms with E-state index in [9.17, 15) is 0 Å². The number of hydrogen-bond acceptors (Lipinski definition) is 3. The van der Waals surface area contributed by atoms with Crippen LogP contribution in [0, 0.1) is 0 Å². The van der Waals surface area contributed by atoms with E-state index in [4.69, 9.17) is 0 Å². The Morgan fingerprint density at radius 1 is 1.25 bits per heavy atom. The molecule has 4 nitrogen and oxygen atoms in total. The number of imidazole rings is 1. The summed E-state index contributed by atoms with van der Waals surface area (Å²) in [6, 6.07) is 2.16. The van der Waals surface area contributed by atoms with Gasteiger partial charge in [-0.1, -0.05) is 0 Å². The fourth-order valence-electron chi connectivity index (χ4n) is 2.10. The Morgan fingerprint density at radius 2 is 2.10 bits per heavy atom. The normalized spacial score (nSPS) is 12.3. The lowest BCUT2D eigenvalue weighted by Gasteiger charge is -2.19. The predicted octanol–water partition coefficient (Wildman–Crippen LogP) is 3.13. The molecule has 5 heteroatoms. The molecule has 3 aromatic rings. The third kappa shape index (κ3) is 3.11. The molecular formula is C15H20N4S. The van der Waals surface area contributed by atoms with Crippen LogP contribution in [0.2, 0.25) is 0 Å². The summed E-state index contributed by atoms with van der Waals surface area (Å²) in [6.45, 7) is 8.27. The molecule has 0 spiro atoms. The van der Waals surface area contributed by atoms with Crippen LogP contribution in [0.3, 0.4) is 0 Å². The number of rotatable bonds is 4. The number of aromatic nitrogens is 3. The van der Waals surface area contributed by atoms with E-state index in [1.54, 1.807) is 11.3 Å². The SMILES string of the molecule is CC(C)(C)NCc1ccn(Cc2cn3ccsc3n2)c1. The highest BCUT2D eigenvalue weighted by Crippen LogP contribution is 2.13.